The average molecular weight is 345 g/mol. The first-order valence-electron chi connectivity index (χ1n) is 7.67. The maximum absolute atomic E-state index is 6.08. The van der Waals surface area contributed by atoms with E-state index < -0.39 is 0 Å². The van der Waals surface area contributed by atoms with Crippen LogP contribution in [0, 0.1) is 0 Å². The molecule has 2 aromatic carbocycles. The highest BCUT2D eigenvalue weighted by Crippen LogP contribution is 2.38. The molecule has 0 aromatic heterocycles. The number of ether oxygens (including phenoxy) is 1. The summed E-state index contributed by atoms with van der Waals surface area (Å²) in [5.41, 5.74) is 4.01. The number of hydrogen-bond acceptors (Lipinski definition) is 1. The number of fused-ring (bicyclic) bond motifs is 1. The van der Waals surface area contributed by atoms with Crippen molar-refractivity contribution in [2.24, 2.45) is 0 Å². The summed E-state index contributed by atoms with van der Waals surface area (Å²) in [7, 11) is 0. The lowest BCUT2D eigenvalue weighted by atomic mass is 9.96. The van der Waals surface area contributed by atoms with Gasteiger partial charge in [-0.3, -0.25) is 0 Å². The van der Waals surface area contributed by atoms with Crippen LogP contribution in [0.3, 0.4) is 0 Å². The lowest BCUT2D eigenvalue weighted by Crippen LogP contribution is -2.19. The number of rotatable bonds is 4. The Morgan fingerprint density at radius 3 is 2.43 bits per heavy atom. The summed E-state index contributed by atoms with van der Waals surface area (Å²) in [6.45, 7) is 4.51. The van der Waals surface area contributed by atoms with Crippen molar-refractivity contribution in [1.29, 1.82) is 0 Å². The van der Waals surface area contributed by atoms with Crippen molar-refractivity contribution in [3.8, 4) is 5.75 Å². The average Bonchev–Trinajstić information content (AvgIpc) is 2.97. The number of alkyl halides is 1. The van der Waals surface area contributed by atoms with Gasteiger partial charge in [0.25, 0.3) is 0 Å². The van der Waals surface area contributed by atoms with Crippen LogP contribution in [0.1, 0.15) is 47.7 Å². The van der Waals surface area contributed by atoms with Gasteiger partial charge in [-0.25, -0.2) is 0 Å². The zero-order valence-electron chi connectivity index (χ0n) is 12.6. The molecule has 0 saturated carbocycles. The highest BCUT2D eigenvalue weighted by molar-refractivity contribution is 9.09. The van der Waals surface area contributed by atoms with E-state index in [1.807, 2.05) is 6.07 Å². The molecule has 21 heavy (non-hydrogen) atoms. The van der Waals surface area contributed by atoms with E-state index in [1.54, 1.807) is 0 Å². The fourth-order valence-corrected chi connectivity index (χ4v) is 3.43. The standard InChI is InChI=1S/C19H21BrO/c1-3-13(2)14-8-10-15(11-9-14)19(20)18-12-16-6-4-5-7-17(16)21-18/h4-11,13,18-19H,3,12H2,1-2H3. The van der Waals surface area contributed by atoms with E-state index in [4.69, 9.17) is 4.74 Å². The normalized spacial score (nSPS) is 19.7. The van der Waals surface area contributed by atoms with Crippen LogP contribution in [0.2, 0.25) is 0 Å². The van der Waals surface area contributed by atoms with Crippen LogP contribution in [0.5, 0.6) is 5.75 Å². The van der Waals surface area contributed by atoms with Gasteiger partial charge in [-0.1, -0.05) is 72.2 Å². The molecule has 0 amide bonds. The highest BCUT2D eigenvalue weighted by Gasteiger charge is 2.29. The van der Waals surface area contributed by atoms with Crippen LogP contribution < -0.4 is 4.74 Å². The van der Waals surface area contributed by atoms with Crippen molar-refractivity contribution in [2.45, 2.75) is 43.5 Å². The Morgan fingerprint density at radius 1 is 1.10 bits per heavy atom. The van der Waals surface area contributed by atoms with Gasteiger partial charge in [-0.05, 0) is 35.1 Å². The monoisotopic (exact) mass is 344 g/mol. The molecule has 2 heteroatoms. The zero-order valence-corrected chi connectivity index (χ0v) is 14.1. The van der Waals surface area contributed by atoms with E-state index in [0.717, 1.165) is 12.2 Å². The molecule has 0 fully saturated rings. The first-order chi connectivity index (χ1) is 10.2. The molecule has 1 aliphatic heterocycles. The van der Waals surface area contributed by atoms with Crippen molar-refractivity contribution in [3.05, 3.63) is 65.2 Å². The van der Waals surface area contributed by atoms with Gasteiger partial charge >= 0.3 is 0 Å². The van der Waals surface area contributed by atoms with Gasteiger partial charge in [0.05, 0.1) is 4.83 Å². The summed E-state index contributed by atoms with van der Waals surface area (Å²) < 4.78 is 6.08. The smallest absolute Gasteiger partial charge is 0.123 e. The molecule has 3 atom stereocenters. The second-order valence-electron chi connectivity index (χ2n) is 5.85. The van der Waals surface area contributed by atoms with Crippen molar-refractivity contribution >= 4 is 15.9 Å². The highest BCUT2D eigenvalue weighted by atomic mass is 79.9. The summed E-state index contributed by atoms with van der Waals surface area (Å²) in [5.74, 6) is 1.66. The first-order valence-corrected chi connectivity index (χ1v) is 8.59. The minimum absolute atomic E-state index is 0.178. The minimum Gasteiger partial charge on any atom is -0.488 e. The lowest BCUT2D eigenvalue weighted by Gasteiger charge is -2.19. The second-order valence-corrected chi connectivity index (χ2v) is 6.83. The maximum Gasteiger partial charge on any atom is 0.123 e. The Morgan fingerprint density at radius 2 is 1.76 bits per heavy atom. The molecule has 0 spiro atoms. The molecule has 110 valence electrons. The van der Waals surface area contributed by atoms with E-state index in [0.29, 0.717) is 5.92 Å². The molecule has 1 nitrogen and oxygen atoms in total. The zero-order chi connectivity index (χ0) is 14.8. The Hall–Kier alpha value is -1.28. The molecule has 0 saturated heterocycles. The predicted octanol–water partition coefficient (Wildman–Crippen LogP) is 5.64. The topological polar surface area (TPSA) is 9.23 Å². The van der Waals surface area contributed by atoms with E-state index in [-0.39, 0.29) is 10.9 Å². The fourth-order valence-electron chi connectivity index (χ4n) is 2.83. The van der Waals surface area contributed by atoms with Crippen LogP contribution in [0.15, 0.2) is 48.5 Å². The van der Waals surface area contributed by atoms with E-state index >= 15 is 0 Å². The summed E-state index contributed by atoms with van der Waals surface area (Å²) in [6, 6.07) is 17.3. The molecule has 0 radical (unpaired) electrons. The molecule has 3 unspecified atom stereocenters. The Balaban J connectivity index is 1.73. The Kier molecular flexibility index (Phi) is 4.34. The van der Waals surface area contributed by atoms with E-state index in [9.17, 15) is 0 Å². The van der Waals surface area contributed by atoms with E-state index in [2.05, 4.69) is 72.2 Å². The molecular weight excluding hydrogens is 324 g/mol. The molecule has 1 aliphatic rings. The van der Waals surface area contributed by atoms with Crippen LogP contribution in [-0.2, 0) is 6.42 Å². The van der Waals surface area contributed by atoms with Gasteiger partial charge < -0.3 is 4.74 Å². The van der Waals surface area contributed by atoms with Gasteiger partial charge in [0.1, 0.15) is 11.9 Å². The number of para-hydroxylation sites is 1. The molecule has 2 aromatic rings. The predicted molar refractivity (Wildman–Crippen MR) is 91.4 cm³/mol. The van der Waals surface area contributed by atoms with Crippen LogP contribution in [0.25, 0.3) is 0 Å². The molecule has 0 aliphatic carbocycles. The lowest BCUT2D eigenvalue weighted by molar-refractivity contribution is 0.232. The van der Waals surface area contributed by atoms with Gasteiger partial charge in [0.15, 0.2) is 0 Å². The van der Waals surface area contributed by atoms with Gasteiger partial charge in [0, 0.05) is 6.42 Å². The quantitative estimate of drug-likeness (QED) is 0.652. The molecule has 3 rings (SSSR count). The van der Waals surface area contributed by atoms with Crippen LogP contribution in [0.4, 0.5) is 0 Å². The molecule has 1 heterocycles. The largest absolute Gasteiger partial charge is 0.488 e. The maximum atomic E-state index is 6.08. The van der Waals surface area contributed by atoms with E-state index in [1.165, 1.54) is 23.1 Å². The van der Waals surface area contributed by atoms with Crippen molar-refractivity contribution in [3.63, 3.8) is 0 Å². The fraction of sp³-hybridized carbons (Fsp3) is 0.368. The minimum atomic E-state index is 0.178. The van der Waals surface area contributed by atoms with Crippen molar-refractivity contribution in [1.82, 2.24) is 0 Å². The van der Waals surface area contributed by atoms with Crippen molar-refractivity contribution < 1.29 is 4.74 Å². The number of benzene rings is 2. The third-order valence-corrected chi connectivity index (χ3v) is 5.55. The van der Waals surface area contributed by atoms with Gasteiger partial charge in [-0.2, -0.15) is 0 Å². The second kappa shape index (κ2) is 6.23. The number of hydrogen-bond donors (Lipinski definition) is 0. The van der Waals surface area contributed by atoms with Crippen molar-refractivity contribution in [2.75, 3.05) is 0 Å². The summed E-state index contributed by atoms with van der Waals surface area (Å²) in [5, 5.41) is 0. The molecular formula is C19H21BrO. The summed E-state index contributed by atoms with van der Waals surface area (Å²) >= 11 is 3.83. The van der Waals surface area contributed by atoms with Crippen LogP contribution in [-0.4, -0.2) is 6.10 Å². The van der Waals surface area contributed by atoms with Gasteiger partial charge in [-0.15, -0.1) is 0 Å². The number of halogens is 1. The Labute approximate surface area is 135 Å². The SMILES string of the molecule is CCC(C)c1ccc(C(Br)C2Cc3ccccc3O2)cc1. The summed E-state index contributed by atoms with van der Waals surface area (Å²) in [4.78, 5) is 0.232. The van der Waals surface area contributed by atoms with Gasteiger partial charge in [0.2, 0.25) is 0 Å². The van der Waals surface area contributed by atoms with Crippen LogP contribution >= 0.6 is 15.9 Å². The third-order valence-electron chi connectivity index (χ3n) is 4.43. The Bertz CT molecular complexity index is 580. The third kappa shape index (κ3) is 3.01. The first kappa shape index (κ1) is 14.6. The summed E-state index contributed by atoms with van der Waals surface area (Å²) in [6.07, 6.45) is 2.33. The molecule has 0 bridgehead atoms. The molecule has 0 N–H and O–H groups in total.